The molecule has 0 saturated heterocycles. The zero-order valence-corrected chi connectivity index (χ0v) is 16.1. The van der Waals surface area contributed by atoms with Crippen molar-refractivity contribution in [1.82, 2.24) is 0 Å². The van der Waals surface area contributed by atoms with Crippen LogP contribution in [0.25, 0.3) is 0 Å². The molecule has 2 aromatic carbocycles. The third-order valence-electron chi connectivity index (χ3n) is 3.50. The van der Waals surface area contributed by atoms with Crippen molar-refractivity contribution in [2.24, 2.45) is 0 Å². The Hall–Kier alpha value is -2.40. The van der Waals surface area contributed by atoms with Gasteiger partial charge in [-0.05, 0) is 42.7 Å². The summed E-state index contributed by atoms with van der Waals surface area (Å²) in [6.45, 7) is 5.33. The van der Waals surface area contributed by atoms with Gasteiger partial charge in [-0.15, -0.1) is 12.4 Å². The summed E-state index contributed by atoms with van der Waals surface area (Å²) >= 11 is 0. The lowest BCUT2D eigenvalue weighted by Gasteiger charge is -2.14. The van der Waals surface area contributed by atoms with E-state index in [9.17, 15) is 4.79 Å². The number of carbonyl (C=O) groups excluding carboxylic acids is 1. The highest BCUT2D eigenvalue weighted by Crippen LogP contribution is 2.31. The maximum atomic E-state index is 12.2. The molecular weight excluding hydrogens is 352 g/mol. The Morgan fingerprint density at radius 2 is 1.58 bits per heavy atom. The molecule has 0 saturated carbocycles. The van der Waals surface area contributed by atoms with Crippen LogP contribution in [0.5, 0.6) is 11.5 Å². The van der Waals surface area contributed by atoms with Gasteiger partial charge >= 0.3 is 0 Å². The molecule has 0 aromatic heterocycles. The molecule has 3 N–H and O–H groups in total. The minimum absolute atomic E-state index is 0. The number of benzene rings is 2. The number of carbonyl (C=O) groups is 1. The summed E-state index contributed by atoms with van der Waals surface area (Å²) in [5, 5.41) is 2.90. The first-order valence-electron chi connectivity index (χ1n) is 8.66. The summed E-state index contributed by atoms with van der Waals surface area (Å²) in [4.78, 5) is 12.2. The van der Waals surface area contributed by atoms with E-state index in [-0.39, 0.29) is 18.3 Å². The molecule has 0 aliphatic rings. The maximum absolute atomic E-state index is 12.2. The van der Waals surface area contributed by atoms with Gasteiger partial charge < -0.3 is 20.5 Å². The van der Waals surface area contributed by atoms with E-state index in [1.165, 1.54) is 0 Å². The van der Waals surface area contributed by atoms with Crippen LogP contribution in [0.4, 0.5) is 11.4 Å². The van der Waals surface area contributed by atoms with Crippen LogP contribution < -0.4 is 20.5 Å². The van der Waals surface area contributed by atoms with E-state index >= 15 is 0 Å². The van der Waals surface area contributed by atoms with Gasteiger partial charge in [0.25, 0.3) is 0 Å². The van der Waals surface area contributed by atoms with Gasteiger partial charge in [0.2, 0.25) is 5.91 Å². The molecule has 26 heavy (non-hydrogen) atoms. The highest BCUT2D eigenvalue weighted by molar-refractivity contribution is 5.92. The van der Waals surface area contributed by atoms with Crippen LogP contribution in [0.1, 0.15) is 32.3 Å². The lowest BCUT2D eigenvalue weighted by atomic mass is 10.1. The lowest BCUT2D eigenvalue weighted by Crippen LogP contribution is -2.14. The van der Waals surface area contributed by atoms with Crippen molar-refractivity contribution in [3.8, 4) is 11.5 Å². The predicted octanol–water partition coefficient (Wildman–Crippen LogP) is 4.45. The Kier molecular flexibility index (Phi) is 9.37. The molecule has 0 aliphatic carbocycles. The molecule has 0 unspecified atom stereocenters. The SMILES string of the molecule is CCCOc1ccc(NC(=O)Cc2ccc(N)cc2)cc1OCCC.Cl. The average Bonchev–Trinajstić information content (AvgIpc) is 2.61. The third kappa shape index (κ3) is 6.84. The van der Waals surface area contributed by atoms with Crippen molar-refractivity contribution >= 4 is 29.7 Å². The summed E-state index contributed by atoms with van der Waals surface area (Å²) in [5.74, 6) is 1.26. The first-order valence-corrected chi connectivity index (χ1v) is 8.66. The van der Waals surface area contributed by atoms with Crippen molar-refractivity contribution < 1.29 is 14.3 Å². The fraction of sp³-hybridized carbons (Fsp3) is 0.350. The van der Waals surface area contributed by atoms with Crippen LogP contribution in [-0.4, -0.2) is 19.1 Å². The first kappa shape index (κ1) is 21.6. The monoisotopic (exact) mass is 378 g/mol. The minimum atomic E-state index is -0.0894. The van der Waals surface area contributed by atoms with Gasteiger partial charge in [0.15, 0.2) is 11.5 Å². The van der Waals surface area contributed by atoms with E-state index < -0.39 is 0 Å². The molecule has 0 radical (unpaired) electrons. The Labute approximate surface area is 161 Å². The molecule has 5 nitrogen and oxygen atoms in total. The second kappa shape index (κ2) is 11.3. The van der Waals surface area contributed by atoms with Crippen LogP contribution in [0, 0.1) is 0 Å². The fourth-order valence-corrected chi connectivity index (χ4v) is 2.27. The second-order valence-electron chi connectivity index (χ2n) is 5.82. The normalized spacial score (nSPS) is 9.92. The number of nitrogens with one attached hydrogen (secondary N) is 1. The van der Waals surface area contributed by atoms with Crippen molar-refractivity contribution in [3.05, 3.63) is 48.0 Å². The van der Waals surface area contributed by atoms with E-state index in [0.717, 1.165) is 18.4 Å². The standard InChI is InChI=1S/C20H26N2O3.ClH/c1-3-11-24-18-10-9-17(14-19(18)25-12-4-2)22-20(23)13-15-5-7-16(21)8-6-15;/h5-10,14H,3-4,11-13,21H2,1-2H3,(H,22,23);1H. The average molecular weight is 379 g/mol. The molecule has 2 aromatic rings. The lowest BCUT2D eigenvalue weighted by molar-refractivity contribution is -0.115. The number of hydrogen-bond donors (Lipinski definition) is 2. The van der Waals surface area contributed by atoms with Crippen LogP contribution in [0.2, 0.25) is 0 Å². The maximum Gasteiger partial charge on any atom is 0.228 e. The van der Waals surface area contributed by atoms with Crippen LogP contribution in [-0.2, 0) is 11.2 Å². The minimum Gasteiger partial charge on any atom is -0.490 e. The number of nitrogen functional groups attached to an aromatic ring is 1. The van der Waals surface area contributed by atoms with Crippen LogP contribution in [0.3, 0.4) is 0 Å². The molecule has 142 valence electrons. The molecule has 2 rings (SSSR count). The topological polar surface area (TPSA) is 73.6 Å². The van der Waals surface area contributed by atoms with Gasteiger partial charge in [-0.2, -0.15) is 0 Å². The number of nitrogens with two attached hydrogens (primary N) is 1. The second-order valence-corrected chi connectivity index (χ2v) is 5.82. The van der Waals surface area contributed by atoms with Gasteiger partial charge in [0, 0.05) is 17.4 Å². The van der Waals surface area contributed by atoms with Gasteiger partial charge in [-0.3, -0.25) is 4.79 Å². The molecule has 0 atom stereocenters. The van der Waals surface area contributed by atoms with E-state index in [2.05, 4.69) is 12.2 Å². The van der Waals surface area contributed by atoms with Crippen molar-refractivity contribution in [1.29, 1.82) is 0 Å². The van der Waals surface area contributed by atoms with E-state index in [0.29, 0.717) is 42.5 Å². The van der Waals surface area contributed by atoms with Crippen molar-refractivity contribution in [2.75, 3.05) is 24.3 Å². The summed E-state index contributed by atoms with van der Waals surface area (Å²) in [6.07, 6.45) is 2.12. The number of hydrogen-bond acceptors (Lipinski definition) is 4. The number of anilines is 2. The molecular formula is C20H27ClN2O3. The molecule has 0 heterocycles. The zero-order chi connectivity index (χ0) is 18.1. The van der Waals surface area contributed by atoms with E-state index in [4.69, 9.17) is 15.2 Å². The largest absolute Gasteiger partial charge is 0.490 e. The Morgan fingerprint density at radius 3 is 2.19 bits per heavy atom. The molecule has 6 heteroatoms. The van der Waals surface area contributed by atoms with E-state index in [1.807, 2.05) is 37.3 Å². The fourth-order valence-electron chi connectivity index (χ4n) is 2.27. The Balaban J connectivity index is 0.00000338. The summed E-state index contributed by atoms with van der Waals surface area (Å²) in [6, 6.07) is 12.8. The zero-order valence-electron chi connectivity index (χ0n) is 15.3. The van der Waals surface area contributed by atoms with Crippen molar-refractivity contribution in [3.63, 3.8) is 0 Å². The van der Waals surface area contributed by atoms with Gasteiger partial charge in [-0.1, -0.05) is 26.0 Å². The number of ether oxygens (including phenoxy) is 2. The Morgan fingerprint density at radius 1 is 0.962 bits per heavy atom. The summed E-state index contributed by atoms with van der Waals surface area (Å²) in [7, 11) is 0. The van der Waals surface area contributed by atoms with Gasteiger partial charge in [0.1, 0.15) is 0 Å². The quantitative estimate of drug-likeness (QED) is 0.632. The highest BCUT2D eigenvalue weighted by Gasteiger charge is 2.09. The molecule has 1 amide bonds. The van der Waals surface area contributed by atoms with Gasteiger partial charge in [-0.25, -0.2) is 0 Å². The summed E-state index contributed by atoms with van der Waals surface area (Å²) in [5.41, 5.74) is 7.95. The number of rotatable bonds is 9. The Bertz CT molecular complexity index is 690. The molecule has 0 bridgehead atoms. The van der Waals surface area contributed by atoms with E-state index in [1.54, 1.807) is 12.1 Å². The predicted molar refractivity (Wildman–Crippen MR) is 108 cm³/mol. The third-order valence-corrected chi connectivity index (χ3v) is 3.50. The van der Waals surface area contributed by atoms with Crippen LogP contribution in [0.15, 0.2) is 42.5 Å². The smallest absolute Gasteiger partial charge is 0.228 e. The highest BCUT2D eigenvalue weighted by atomic mass is 35.5. The van der Waals surface area contributed by atoms with Gasteiger partial charge in [0.05, 0.1) is 19.6 Å². The molecule has 0 aliphatic heterocycles. The number of halogens is 1. The number of amides is 1. The molecule has 0 spiro atoms. The first-order chi connectivity index (χ1) is 12.1. The van der Waals surface area contributed by atoms with Crippen molar-refractivity contribution in [2.45, 2.75) is 33.1 Å². The molecule has 0 fully saturated rings. The van der Waals surface area contributed by atoms with Crippen LogP contribution >= 0.6 is 12.4 Å². The summed E-state index contributed by atoms with van der Waals surface area (Å²) < 4.78 is 11.4.